The van der Waals surface area contributed by atoms with Crippen molar-refractivity contribution in [2.24, 2.45) is 0 Å². The molecule has 1 fully saturated rings. The Hall–Kier alpha value is -2.06. The van der Waals surface area contributed by atoms with Crippen LogP contribution in [0.2, 0.25) is 0 Å². The van der Waals surface area contributed by atoms with Gasteiger partial charge in [0.2, 0.25) is 5.91 Å². The first-order valence-electron chi connectivity index (χ1n) is 8.82. The summed E-state index contributed by atoms with van der Waals surface area (Å²) in [6.45, 7) is 7.51. The summed E-state index contributed by atoms with van der Waals surface area (Å²) < 4.78 is 5.35. The summed E-state index contributed by atoms with van der Waals surface area (Å²) in [5, 5.41) is 2.84. The van der Waals surface area contributed by atoms with Crippen molar-refractivity contribution in [3.8, 4) is 0 Å². The molecule has 8 heteroatoms. The minimum atomic E-state index is -0.190. The van der Waals surface area contributed by atoms with Crippen molar-refractivity contribution in [3.63, 3.8) is 0 Å². The molecule has 0 aliphatic carbocycles. The van der Waals surface area contributed by atoms with E-state index in [1.165, 1.54) is 18.6 Å². The van der Waals surface area contributed by atoms with Gasteiger partial charge in [0, 0.05) is 58.1 Å². The summed E-state index contributed by atoms with van der Waals surface area (Å²) in [5.41, 5.74) is 0.304. The molecule has 1 saturated heterocycles. The number of carbonyl (C=O) groups excluding carboxylic acids is 2. The molecule has 0 saturated carbocycles. The fraction of sp³-hybridized carbons (Fsp3) is 0.647. The Bertz CT molecular complexity index is 534. The van der Waals surface area contributed by atoms with Gasteiger partial charge in [0.1, 0.15) is 5.69 Å². The van der Waals surface area contributed by atoms with Crippen LogP contribution in [0.3, 0.4) is 0 Å². The van der Waals surface area contributed by atoms with Gasteiger partial charge in [-0.15, -0.1) is 0 Å². The zero-order valence-electron chi connectivity index (χ0n) is 14.8. The van der Waals surface area contributed by atoms with Crippen LogP contribution >= 0.6 is 0 Å². The van der Waals surface area contributed by atoms with E-state index in [0.717, 1.165) is 39.3 Å². The molecule has 1 aliphatic rings. The third kappa shape index (κ3) is 6.75. The lowest BCUT2D eigenvalue weighted by atomic mass is 10.3. The molecule has 0 aromatic carbocycles. The highest BCUT2D eigenvalue weighted by molar-refractivity contribution is 5.92. The number of hydrogen-bond donors (Lipinski definition) is 1. The van der Waals surface area contributed by atoms with E-state index in [1.54, 1.807) is 4.90 Å². The zero-order valence-corrected chi connectivity index (χ0v) is 14.8. The van der Waals surface area contributed by atoms with Crippen molar-refractivity contribution < 1.29 is 14.3 Å². The highest BCUT2D eigenvalue weighted by Crippen LogP contribution is 2.04. The Labute approximate surface area is 148 Å². The number of carbonyl (C=O) groups is 2. The van der Waals surface area contributed by atoms with Crippen LogP contribution in [0.15, 0.2) is 18.6 Å². The normalized spacial score (nSPS) is 14.9. The van der Waals surface area contributed by atoms with Crippen molar-refractivity contribution in [2.45, 2.75) is 19.8 Å². The summed E-state index contributed by atoms with van der Waals surface area (Å²) in [7, 11) is 0. The van der Waals surface area contributed by atoms with Crippen molar-refractivity contribution in [2.75, 3.05) is 52.5 Å². The van der Waals surface area contributed by atoms with Crippen LogP contribution in [0.25, 0.3) is 0 Å². The van der Waals surface area contributed by atoms with Gasteiger partial charge in [-0.3, -0.25) is 19.5 Å². The van der Waals surface area contributed by atoms with Crippen LogP contribution in [0, 0.1) is 0 Å². The SMILES string of the molecule is CCCNC(=O)CCN(CCN1CCOCC1)C(=O)c1cnccn1. The zero-order chi connectivity index (χ0) is 17.9. The Kier molecular flexibility index (Phi) is 8.27. The number of nitrogens with one attached hydrogen (secondary N) is 1. The number of morpholine rings is 1. The lowest BCUT2D eigenvalue weighted by Crippen LogP contribution is -2.44. The fourth-order valence-electron chi connectivity index (χ4n) is 2.56. The van der Waals surface area contributed by atoms with E-state index in [4.69, 9.17) is 4.74 Å². The number of amides is 2. The van der Waals surface area contributed by atoms with E-state index in [1.807, 2.05) is 6.92 Å². The molecule has 2 amide bonds. The summed E-state index contributed by atoms with van der Waals surface area (Å²) in [6, 6.07) is 0. The van der Waals surface area contributed by atoms with Gasteiger partial charge in [-0.2, -0.15) is 0 Å². The van der Waals surface area contributed by atoms with Crippen LogP contribution < -0.4 is 5.32 Å². The minimum Gasteiger partial charge on any atom is -0.379 e. The molecule has 1 aromatic rings. The first-order valence-corrected chi connectivity index (χ1v) is 8.82. The van der Waals surface area contributed by atoms with Gasteiger partial charge < -0.3 is 15.0 Å². The van der Waals surface area contributed by atoms with E-state index < -0.39 is 0 Å². The maximum Gasteiger partial charge on any atom is 0.274 e. The Morgan fingerprint density at radius 1 is 1.28 bits per heavy atom. The van der Waals surface area contributed by atoms with Crippen molar-refractivity contribution >= 4 is 11.8 Å². The van der Waals surface area contributed by atoms with E-state index >= 15 is 0 Å². The minimum absolute atomic E-state index is 0.0369. The smallest absolute Gasteiger partial charge is 0.274 e. The summed E-state index contributed by atoms with van der Waals surface area (Å²) in [6.07, 6.45) is 5.68. The lowest BCUT2D eigenvalue weighted by molar-refractivity contribution is -0.121. The average Bonchev–Trinajstić information content (AvgIpc) is 2.67. The Balaban J connectivity index is 1.92. The van der Waals surface area contributed by atoms with Gasteiger partial charge in [-0.05, 0) is 6.42 Å². The van der Waals surface area contributed by atoms with Gasteiger partial charge in [0.05, 0.1) is 19.4 Å². The molecule has 0 spiro atoms. The van der Waals surface area contributed by atoms with Gasteiger partial charge in [-0.25, -0.2) is 4.98 Å². The standard InChI is InChI=1S/C17H27N5O3/c1-2-4-20-16(23)3-7-22(9-8-21-10-12-25-13-11-21)17(24)15-14-18-5-6-19-15/h5-6,14H,2-4,7-13H2,1H3,(H,20,23). The number of aromatic nitrogens is 2. The number of rotatable bonds is 9. The summed E-state index contributed by atoms with van der Waals surface area (Å²) >= 11 is 0. The second-order valence-electron chi connectivity index (χ2n) is 5.94. The van der Waals surface area contributed by atoms with E-state index in [2.05, 4.69) is 20.2 Å². The van der Waals surface area contributed by atoms with E-state index in [0.29, 0.717) is 25.3 Å². The van der Waals surface area contributed by atoms with Gasteiger partial charge in [0.25, 0.3) is 5.91 Å². The molecule has 0 radical (unpaired) electrons. The lowest BCUT2D eigenvalue weighted by Gasteiger charge is -2.30. The molecular formula is C17H27N5O3. The van der Waals surface area contributed by atoms with E-state index in [-0.39, 0.29) is 18.2 Å². The van der Waals surface area contributed by atoms with E-state index in [9.17, 15) is 9.59 Å². The molecule has 0 bridgehead atoms. The van der Waals surface area contributed by atoms with Crippen molar-refractivity contribution in [1.82, 2.24) is 25.1 Å². The number of hydrogen-bond acceptors (Lipinski definition) is 6. The predicted octanol–water partition coefficient (Wildman–Crippen LogP) is 0.167. The third-order valence-electron chi connectivity index (χ3n) is 4.04. The quantitative estimate of drug-likeness (QED) is 0.684. The summed E-state index contributed by atoms with van der Waals surface area (Å²) in [5.74, 6) is -0.227. The molecule has 2 heterocycles. The Morgan fingerprint density at radius 2 is 2.08 bits per heavy atom. The van der Waals surface area contributed by atoms with Gasteiger partial charge >= 0.3 is 0 Å². The van der Waals surface area contributed by atoms with Gasteiger partial charge in [0.15, 0.2) is 0 Å². The predicted molar refractivity (Wildman–Crippen MR) is 93.1 cm³/mol. The highest BCUT2D eigenvalue weighted by Gasteiger charge is 2.20. The van der Waals surface area contributed by atoms with Crippen LogP contribution in [0.4, 0.5) is 0 Å². The second-order valence-corrected chi connectivity index (χ2v) is 5.94. The molecular weight excluding hydrogens is 322 g/mol. The maximum absolute atomic E-state index is 12.7. The van der Waals surface area contributed by atoms with Crippen LogP contribution in [0.5, 0.6) is 0 Å². The molecule has 138 valence electrons. The molecule has 2 rings (SSSR count). The molecule has 1 aromatic heterocycles. The molecule has 1 aliphatic heterocycles. The average molecular weight is 349 g/mol. The number of nitrogens with zero attached hydrogens (tertiary/aromatic N) is 4. The topological polar surface area (TPSA) is 87.7 Å². The summed E-state index contributed by atoms with van der Waals surface area (Å²) in [4.78, 5) is 36.5. The third-order valence-corrected chi connectivity index (χ3v) is 4.04. The van der Waals surface area contributed by atoms with Crippen LogP contribution in [-0.4, -0.2) is 84.1 Å². The number of ether oxygens (including phenoxy) is 1. The molecule has 25 heavy (non-hydrogen) atoms. The van der Waals surface area contributed by atoms with Crippen molar-refractivity contribution in [3.05, 3.63) is 24.3 Å². The first kappa shape index (κ1) is 19.3. The molecule has 8 nitrogen and oxygen atoms in total. The largest absolute Gasteiger partial charge is 0.379 e. The highest BCUT2D eigenvalue weighted by atomic mass is 16.5. The monoisotopic (exact) mass is 349 g/mol. The molecule has 1 N–H and O–H groups in total. The first-order chi connectivity index (χ1) is 12.2. The van der Waals surface area contributed by atoms with Gasteiger partial charge in [-0.1, -0.05) is 6.92 Å². The van der Waals surface area contributed by atoms with Crippen molar-refractivity contribution in [1.29, 1.82) is 0 Å². The van der Waals surface area contributed by atoms with Crippen LogP contribution in [0.1, 0.15) is 30.3 Å². The fourth-order valence-corrected chi connectivity index (χ4v) is 2.56. The molecule has 0 unspecified atom stereocenters. The molecule has 0 atom stereocenters. The Morgan fingerprint density at radius 3 is 2.76 bits per heavy atom. The van der Waals surface area contributed by atoms with Crippen LogP contribution in [-0.2, 0) is 9.53 Å². The maximum atomic E-state index is 12.7. The second kappa shape index (κ2) is 10.7.